The van der Waals surface area contributed by atoms with Crippen LogP contribution in [0.1, 0.15) is 27.2 Å². The van der Waals surface area contributed by atoms with Crippen LogP contribution in [-0.4, -0.2) is 56.7 Å². The molecule has 1 saturated heterocycles. The third-order valence-corrected chi connectivity index (χ3v) is 3.58. The van der Waals surface area contributed by atoms with Crippen LogP contribution in [0.2, 0.25) is 0 Å². The Bertz CT molecular complexity index is 411. The maximum atomic E-state index is 11.8. The van der Waals surface area contributed by atoms with Crippen molar-refractivity contribution in [3.63, 3.8) is 0 Å². The molecule has 7 heteroatoms. The number of rotatable bonds is 5. The van der Waals surface area contributed by atoms with E-state index in [1.165, 1.54) is 17.4 Å². The van der Waals surface area contributed by atoms with Gasteiger partial charge in [-0.05, 0) is 35.6 Å². The Balaban J connectivity index is 1.74. The van der Waals surface area contributed by atoms with Crippen LogP contribution in [-0.2, 0) is 11.3 Å². The van der Waals surface area contributed by atoms with Crippen molar-refractivity contribution in [3.05, 3.63) is 6.33 Å². The lowest BCUT2D eigenvalue weighted by Crippen LogP contribution is -2.47. The average Bonchev–Trinajstić information content (AvgIpc) is 2.79. The monoisotopic (exact) mass is 280 g/mol. The summed E-state index contributed by atoms with van der Waals surface area (Å²) < 4.78 is 1.42. The van der Waals surface area contributed by atoms with Crippen molar-refractivity contribution in [3.8, 4) is 0 Å². The number of carbonyl (C=O) groups excluding carboxylic acids is 1. The van der Waals surface area contributed by atoms with E-state index in [2.05, 4.69) is 39.6 Å². The smallest absolute Gasteiger partial charge is 0.242 e. The summed E-state index contributed by atoms with van der Waals surface area (Å²) in [6.07, 6.45) is 2.74. The fraction of sp³-hybridized carbons (Fsp3) is 0.846. The summed E-state index contributed by atoms with van der Waals surface area (Å²) in [5.74, 6) is 1.42. The minimum absolute atomic E-state index is 0.0529. The van der Waals surface area contributed by atoms with Gasteiger partial charge in [0, 0.05) is 25.7 Å². The van der Waals surface area contributed by atoms with Crippen molar-refractivity contribution >= 4 is 5.91 Å². The van der Waals surface area contributed by atoms with Crippen LogP contribution in [0.5, 0.6) is 0 Å². The van der Waals surface area contributed by atoms with E-state index in [-0.39, 0.29) is 18.5 Å². The first-order valence-electron chi connectivity index (χ1n) is 7.25. The summed E-state index contributed by atoms with van der Waals surface area (Å²) in [6, 6.07) is 0.136. The number of hydrogen-bond donors (Lipinski definition) is 1. The van der Waals surface area contributed by atoms with Crippen LogP contribution in [0, 0.1) is 11.8 Å². The molecule has 0 saturated carbocycles. The van der Waals surface area contributed by atoms with E-state index in [0.29, 0.717) is 0 Å². The van der Waals surface area contributed by atoms with Crippen molar-refractivity contribution in [1.29, 1.82) is 0 Å². The molecule has 7 nitrogen and oxygen atoms in total. The Morgan fingerprint density at radius 1 is 1.40 bits per heavy atom. The van der Waals surface area contributed by atoms with Gasteiger partial charge in [0.1, 0.15) is 12.9 Å². The Morgan fingerprint density at radius 3 is 2.70 bits per heavy atom. The van der Waals surface area contributed by atoms with Crippen LogP contribution in [0.3, 0.4) is 0 Å². The van der Waals surface area contributed by atoms with Gasteiger partial charge in [-0.25, -0.2) is 4.68 Å². The summed E-state index contributed by atoms with van der Waals surface area (Å²) >= 11 is 0. The topological polar surface area (TPSA) is 75.9 Å². The third kappa shape index (κ3) is 4.56. The van der Waals surface area contributed by atoms with Gasteiger partial charge in [-0.2, -0.15) is 0 Å². The minimum atomic E-state index is -0.0529. The highest BCUT2D eigenvalue weighted by molar-refractivity contribution is 5.75. The maximum absolute atomic E-state index is 11.8. The zero-order valence-corrected chi connectivity index (χ0v) is 12.5. The Kier molecular flexibility index (Phi) is 5.05. The normalized spacial score (nSPS) is 25.4. The summed E-state index contributed by atoms with van der Waals surface area (Å²) in [6.45, 7) is 9.95. The van der Waals surface area contributed by atoms with Gasteiger partial charge in [0.25, 0.3) is 0 Å². The Morgan fingerprint density at radius 2 is 2.10 bits per heavy atom. The molecule has 1 N–H and O–H groups in total. The van der Waals surface area contributed by atoms with Gasteiger partial charge in [0.2, 0.25) is 5.91 Å². The molecule has 0 bridgehead atoms. The van der Waals surface area contributed by atoms with E-state index in [4.69, 9.17) is 0 Å². The molecule has 0 aliphatic carbocycles. The molecule has 1 aliphatic heterocycles. The number of likely N-dealkylation sites (tertiary alicyclic amines) is 1. The molecule has 112 valence electrons. The lowest BCUT2D eigenvalue weighted by atomic mass is 9.92. The molecule has 3 unspecified atom stereocenters. The van der Waals surface area contributed by atoms with Gasteiger partial charge in [0.15, 0.2) is 0 Å². The van der Waals surface area contributed by atoms with Crippen LogP contribution < -0.4 is 5.32 Å². The first-order chi connectivity index (χ1) is 9.52. The van der Waals surface area contributed by atoms with E-state index in [0.717, 1.165) is 31.5 Å². The van der Waals surface area contributed by atoms with Crippen LogP contribution in [0.15, 0.2) is 6.33 Å². The summed E-state index contributed by atoms with van der Waals surface area (Å²) in [5.41, 5.74) is 0. The van der Waals surface area contributed by atoms with Gasteiger partial charge in [-0.1, -0.05) is 13.8 Å². The molecule has 0 aromatic carbocycles. The van der Waals surface area contributed by atoms with E-state index in [1.807, 2.05) is 6.92 Å². The average molecular weight is 280 g/mol. The zero-order chi connectivity index (χ0) is 14.5. The van der Waals surface area contributed by atoms with Crippen molar-refractivity contribution < 1.29 is 4.79 Å². The predicted octanol–water partition coefficient (Wildman–Crippen LogP) is 0.156. The Labute approximate surface area is 119 Å². The summed E-state index contributed by atoms with van der Waals surface area (Å²) in [5, 5.41) is 13.7. The largest absolute Gasteiger partial charge is 0.351 e. The van der Waals surface area contributed by atoms with Crippen LogP contribution >= 0.6 is 0 Å². The molecule has 0 radical (unpaired) electrons. The molecule has 0 spiro atoms. The van der Waals surface area contributed by atoms with E-state index < -0.39 is 0 Å². The molecule has 1 fully saturated rings. The molecule has 3 atom stereocenters. The van der Waals surface area contributed by atoms with Crippen molar-refractivity contribution in [1.82, 2.24) is 30.4 Å². The molecule has 2 heterocycles. The number of piperidine rings is 1. The molecule has 1 amide bonds. The first kappa shape index (κ1) is 14.9. The fourth-order valence-corrected chi connectivity index (χ4v) is 3.09. The summed E-state index contributed by atoms with van der Waals surface area (Å²) in [4.78, 5) is 14.3. The highest BCUT2D eigenvalue weighted by atomic mass is 16.2. The van der Waals surface area contributed by atoms with E-state index in [9.17, 15) is 4.79 Å². The molecule has 1 aromatic rings. The highest BCUT2D eigenvalue weighted by Gasteiger charge is 2.23. The number of nitrogens with one attached hydrogen (secondary N) is 1. The maximum Gasteiger partial charge on any atom is 0.242 e. The summed E-state index contributed by atoms with van der Waals surface area (Å²) in [7, 11) is 0. The molecule has 1 aliphatic rings. The van der Waals surface area contributed by atoms with Crippen molar-refractivity contribution in [2.45, 2.75) is 39.8 Å². The van der Waals surface area contributed by atoms with Gasteiger partial charge < -0.3 is 10.2 Å². The van der Waals surface area contributed by atoms with Crippen LogP contribution in [0.25, 0.3) is 0 Å². The first-order valence-corrected chi connectivity index (χ1v) is 7.25. The van der Waals surface area contributed by atoms with Gasteiger partial charge >= 0.3 is 0 Å². The SMILES string of the molecule is CC1CC(C)CN(CC(C)NC(=O)Cn2cnnn2)C1. The number of nitrogens with zero attached hydrogens (tertiary/aromatic N) is 5. The van der Waals surface area contributed by atoms with Gasteiger partial charge in [0.05, 0.1) is 0 Å². The molecule has 20 heavy (non-hydrogen) atoms. The Hall–Kier alpha value is -1.50. The lowest BCUT2D eigenvalue weighted by molar-refractivity contribution is -0.122. The van der Waals surface area contributed by atoms with E-state index >= 15 is 0 Å². The quantitative estimate of drug-likeness (QED) is 0.831. The molecule has 2 rings (SSSR count). The second-order valence-corrected chi connectivity index (χ2v) is 6.14. The number of hydrogen-bond acceptors (Lipinski definition) is 5. The highest BCUT2D eigenvalue weighted by Crippen LogP contribution is 2.20. The number of tetrazole rings is 1. The predicted molar refractivity (Wildman–Crippen MR) is 74.8 cm³/mol. The second-order valence-electron chi connectivity index (χ2n) is 6.14. The van der Waals surface area contributed by atoms with Crippen molar-refractivity contribution in [2.24, 2.45) is 11.8 Å². The van der Waals surface area contributed by atoms with Crippen LogP contribution in [0.4, 0.5) is 0 Å². The second kappa shape index (κ2) is 6.78. The van der Waals surface area contributed by atoms with Gasteiger partial charge in [-0.15, -0.1) is 5.10 Å². The fourth-order valence-electron chi connectivity index (χ4n) is 3.09. The van der Waals surface area contributed by atoms with E-state index in [1.54, 1.807) is 0 Å². The number of amides is 1. The molecule has 1 aromatic heterocycles. The molecular formula is C13H24N6O. The zero-order valence-electron chi connectivity index (χ0n) is 12.5. The third-order valence-electron chi connectivity index (χ3n) is 3.58. The molecular weight excluding hydrogens is 256 g/mol. The standard InChI is InChI=1S/C13H24N6O/c1-10-4-11(2)6-18(5-10)7-12(3)15-13(20)8-19-9-14-16-17-19/h9-12H,4-8H2,1-3H3,(H,15,20). The minimum Gasteiger partial charge on any atom is -0.351 e. The van der Waals surface area contributed by atoms with Crippen molar-refractivity contribution in [2.75, 3.05) is 19.6 Å². The lowest BCUT2D eigenvalue weighted by Gasteiger charge is -2.36. The number of aromatic nitrogens is 4. The van der Waals surface area contributed by atoms with Gasteiger partial charge in [-0.3, -0.25) is 4.79 Å². The number of carbonyl (C=O) groups is 1.